The van der Waals surface area contributed by atoms with Gasteiger partial charge in [-0.15, -0.1) is 0 Å². The van der Waals surface area contributed by atoms with Gasteiger partial charge < -0.3 is 9.80 Å². The number of anilines is 1. The molecule has 0 spiro atoms. The molecule has 1 aliphatic heterocycles. The van der Waals surface area contributed by atoms with Crippen molar-refractivity contribution in [2.45, 2.75) is 6.92 Å². The van der Waals surface area contributed by atoms with E-state index in [1.165, 1.54) is 0 Å². The first kappa shape index (κ1) is 14.3. The lowest BCUT2D eigenvalue weighted by molar-refractivity contribution is 0.229. The average molecular weight is 288 g/mol. The van der Waals surface area contributed by atoms with E-state index in [0.29, 0.717) is 0 Å². The van der Waals surface area contributed by atoms with Crippen LogP contribution >= 0.6 is 0 Å². The molecule has 3 rings (SSSR count). The van der Waals surface area contributed by atoms with E-state index in [9.17, 15) is 0 Å². The van der Waals surface area contributed by atoms with Crippen molar-refractivity contribution in [3.05, 3.63) is 24.0 Å². The Labute approximate surface area is 126 Å². The summed E-state index contributed by atoms with van der Waals surface area (Å²) in [5, 5.41) is 4.41. The first-order valence-corrected chi connectivity index (χ1v) is 7.57. The molecule has 0 amide bonds. The van der Waals surface area contributed by atoms with Gasteiger partial charge in [0, 0.05) is 57.1 Å². The Morgan fingerprint density at radius 2 is 1.95 bits per heavy atom. The summed E-state index contributed by atoms with van der Waals surface area (Å²) in [4.78, 5) is 11.7. The molecule has 21 heavy (non-hydrogen) atoms. The SMILES string of the molecule is Cc1cc(N2CCN(CCN(C)C)CC2)n2nccc2n1. The number of hydrogen-bond acceptors (Lipinski definition) is 5. The molecule has 2 aromatic heterocycles. The van der Waals surface area contributed by atoms with Crippen LogP contribution < -0.4 is 4.90 Å². The summed E-state index contributed by atoms with van der Waals surface area (Å²) in [6.45, 7) is 8.63. The highest BCUT2D eigenvalue weighted by atomic mass is 15.4. The highest BCUT2D eigenvalue weighted by molar-refractivity contribution is 5.50. The fourth-order valence-electron chi connectivity index (χ4n) is 2.79. The zero-order chi connectivity index (χ0) is 14.8. The van der Waals surface area contributed by atoms with Crippen LogP contribution in [0.25, 0.3) is 5.65 Å². The van der Waals surface area contributed by atoms with Crippen molar-refractivity contribution in [1.29, 1.82) is 0 Å². The van der Waals surface area contributed by atoms with Gasteiger partial charge >= 0.3 is 0 Å². The number of aryl methyl sites for hydroxylation is 1. The minimum Gasteiger partial charge on any atom is -0.354 e. The Morgan fingerprint density at radius 1 is 1.19 bits per heavy atom. The van der Waals surface area contributed by atoms with E-state index in [1.54, 1.807) is 0 Å². The van der Waals surface area contributed by atoms with E-state index in [1.807, 2.05) is 23.7 Å². The highest BCUT2D eigenvalue weighted by Gasteiger charge is 2.19. The molecule has 0 saturated carbocycles. The lowest BCUT2D eigenvalue weighted by atomic mass is 10.3. The van der Waals surface area contributed by atoms with Crippen LogP contribution in [0.4, 0.5) is 5.82 Å². The summed E-state index contributed by atoms with van der Waals surface area (Å²) >= 11 is 0. The smallest absolute Gasteiger partial charge is 0.157 e. The summed E-state index contributed by atoms with van der Waals surface area (Å²) in [6, 6.07) is 4.10. The Kier molecular flexibility index (Phi) is 4.07. The van der Waals surface area contributed by atoms with Gasteiger partial charge in [0.25, 0.3) is 0 Å². The van der Waals surface area contributed by atoms with Crippen molar-refractivity contribution in [3.8, 4) is 0 Å². The predicted octanol–water partition coefficient (Wildman–Crippen LogP) is 0.721. The molecule has 0 aromatic carbocycles. The number of likely N-dealkylation sites (N-methyl/N-ethyl adjacent to an activating group) is 1. The zero-order valence-electron chi connectivity index (χ0n) is 13.2. The fraction of sp³-hybridized carbons (Fsp3) is 0.600. The molecule has 6 nitrogen and oxygen atoms in total. The van der Waals surface area contributed by atoms with E-state index in [-0.39, 0.29) is 0 Å². The third-order valence-electron chi connectivity index (χ3n) is 4.03. The van der Waals surface area contributed by atoms with Gasteiger partial charge in [-0.1, -0.05) is 0 Å². The van der Waals surface area contributed by atoms with Crippen molar-refractivity contribution >= 4 is 11.5 Å². The molecule has 0 unspecified atom stereocenters. The molecule has 0 radical (unpaired) electrons. The second-order valence-corrected chi connectivity index (χ2v) is 5.99. The zero-order valence-corrected chi connectivity index (χ0v) is 13.2. The standard InChI is InChI=1S/C15H24N6/c1-13-12-15(21-14(17-13)4-5-16-21)20-10-8-19(9-11-20)7-6-18(2)3/h4-5,12H,6-11H2,1-3H3. The van der Waals surface area contributed by atoms with Crippen LogP contribution in [0.5, 0.6) is 0 Å². The van der Waals surface area contributed by atoms with Gasteiger partial charge in [0.15, 0.2) is 5.65 Å². The summed E-state index contributed by atoms with van der Waals surface area (Å²) in [5.41, 5.74) is 1.98. The van der Waals surface area contributed by atoms with E-state index >= 15 is 0 Å². The minimum atomic E-state index is 0.931. The third-order valence-corrected chi connectivity index (χ3v) is 4.03. The number of hydrogen-bond donors (Lipinski definition) is 0. The van der Waals surface area contributed by atoms with Gasteiger partial charge in [0.1, 0.15) is 5.82 Å². The van der Waals surface area contributed by atoms with Gasteiger partial charge in [-0.05, 0) is 21.0 Å². The first-order valence-electron chi connectivity index (χ1n) is 7.57. The largest absolute Gasteiger partial charge is 0.354 e. The van der Waals surface area contributed by atoms with E-state index in [4.69, 9.17) is 0 Å². The summed E-state index contributed by atoms with van der Waals surface area (Å²) in [6.07, 6.45) is 1.82. The molecule has 1 fully saturated rings. The molecule has 0 bridgehead atoms. The number of aromatic nitrogens is 3. The normalized spacial score (nSPS) is 17.0. The molecule has 0 aliphatic carbocycles. The molecule has 6 heteroatoms. The quantitative estimate of drug-likeness (QED) is 0.829. The van der Waals surface area contributed by atoms with Gasteiger partial charge in [-0.2, -0.15) is 9.61 Å². The summed E-state index contributed by atoms with van der Waals surface area (Å²) in [7, 11) is 4.26. The number of piperazine rings is 1. The molecule has 0 N–H and O–H groups in total. The number of fused-ring (bicyclic) bond motifs is 1. The Morgan fingerprint density at radius 3 is 2.67 bits per heavy atom. The van der Waals surface area contributed by atoms with Gasteiger partial charge in [0.05, 0.1) is 6.20 Å². The molecule has 0 atom stereocenters. The van der Waals surface area contributed by atoms with E-state index in [2.05, 4.69) is 44.9 Å². The Hall–Kier alpha value is -1.66. The summed E-state index contributed by atoms with van der Waals surface area (Å²) in [5.74, 6) is 1.16. The maximum atomic E-state index is 4.51. The highest BCUT2D eigenvalue weighted by Crippen LogP contribution is 2.18. The van der Waals surface area contributed by atoms with Crippen molar-refractivity contribution in [2.24, 2.45) is 0 Å². The maximum Gasteiger partial charge on any atom is 0.157 e. The van der Waals surface area contributed by atoms with E-state index in [0.717, 1.165) is 56.4 Å². The molecule has 2 aromatic rings. The number of rotatable bonds is 4. The number of nitrogens with zero attached hydrogens (tertiary/aromatic N) is 6. The van der Waals surface area contributed by atoms with E-state index < -0.39 is 0 Å². The third kappa shape index (κ3) is 3.16. The fourth-order valence-corrected chi connectivity index (χ4v) is 2.79. The van der Waals surface area contributed by atoms with Crippen LogP contribution in [0.15, 0.2) is 18.3 Å². The minimum absolute atomic E-state index is 0.931. The maximum absolute atomic E-state index is 4.51. The molecule has 1 aliphatic rings. The van der Waals surface area contributed by atoms with Crippen LogP contribution in [-0.4, -0.2) is 77.8 Å². The lowest BCUT2D eigenvalue weighted by Gasteiger charge is -2.36. The van der Waals surface area contributed by atoms with Crippen LogP contribution in [0.1, 0.15) is 5.69 Å². The predicted molar refractivity (Wildman–Crippen MR) is 84.9 cm³/mol. The molecular weight excluding hydrogens is 264 g/mol. The van der Waals surface area contributed by atoms with Crippen molar-refractivity contribution < 1.29 is 0 Å². The second kappa shape index (κ2) is 5.99. The Balaban J connectivity index is 1.69. The molecule has 114 valence electrons. The monoisotopic (exact) mass is 288 g/mol. The molecule has 1 saturated heterocycles. The topological polar surface area (TPSA) is 39.9 Å². The van der Waals surface area contributed by atoms with Crippen molar-refractivity contribution in [1.82, 2.24) is 24.4 Å². The van der Waals surface area contributed by atoms with Crippen LogP contribution in [0.2, 0.25) is 0 Å². The van der Waals surface area contributed by atoms with Crippen LogP contribution in [0.3, 0.4) is 0 Å². The van der Waals surface area contributed by atoms with Crippen molar-refractivity contribution in [3.63, 3.8) is 0 Å². The van der Waals surface area contributed by atoms with Gasteiger partial charge in [-0.3, -0.25) is 4.90 Å². The first-order chi connectivity index (χ1) is 10.1. The molecular formula is C15H24N6. The van der Waals surface area contributed by atoms with Crippen molar-refractivity contribution in [2.75, 3.05) is 58.3 Å². The lowest BCUT2D eigenvalue weighted by Crippen LogP contribution is -2.48. The van der Waals surface area contributed by atoms with Crippen LogP contribution in [0, 0.1) is 6.92 Å². The van der Waals surface area contributed by atoms with Gasteiger partial charge in [0.2, 0.25) is 0 Å². The van der Waals surface area contributed by atoms with Gasteiger partial charge in [-0.25, -0.2) is 4.98 Å². The molecule has 3 heterocycles. The van der Waals surface area contributed by atoms with Crippen LogP contribution in [-0.2, 0) is 0 Å². The average Bonchev–Trinajstić information content (AvgIpc) is 2.93. The summed E-state index contributed by atoms with van der Waals surface area (Å²) < 4.78 is 1.95. The Bertz CT molecular complexity index is 597. The second-order valence-electron chi connectivity index (χ2n) is 5.99.